The van der Waals surface area contributed by atoms with Gasteiger partial charge >= 0.3 is 0 Å². The first-order valence-electron chi connectivity index (χ1n) is 5.63. The molecule has 0 fully saturated rings. The maximum atomic E-state index is 13.1. The van der Waals surface area contributed by atoms with Crippen LogP contribution in [-0.4, -0.2) is 12.0 Å². The Morgan fingerprint density at radius 3 is 2.83 bits per heavy atom. The topological polar surface area (TPSA) is 24.9 Å². The highest BCUT2D eigenvalue weighted by atomic mass is 35.5. The Morgan fingerprint density at radius 1 is 1.50 bits per heavy atom. The summed E-state index contributed by atoms with van der Waals surface area (Å²) in [6, 6.07) is 4.94. The summed E-state index contributed by atoms with van der Waals surface area (Å²) in [6.45, 7) is 1.98. The van der Waals surface area contributed by atoms with Gasteiger partial charge in [-0.1, -0.05) is 17.7 Å². The standard InChI is InChI=1S/C13H14ClFN2S/c1-8-17-13(7-18-8)12(16-2)6-9-3-4-11(15)10(14)5-9/h3-5,7,12,16H,6H2,1-2H3. The Balaban J connectivity index is 2.17. The molecule has 5 heteroatoms. The highest BCUT2D eigenvalue weighted by molar-refractivity contribution is 7.09. The van der Waals surface area contributed by atoms with E-state index >= 15 is 0 Å². The Labute approximate surface area is 115 Å². The first kappa shape index (κ1) is 13.5. The number of hydrogen-bond donors (Lipinski definition) is 1. The number of benzene rings is 1. The molecule has 96 valence electrons. The average Bonchev–Trinajstić information content (AvgIpc) is 2.77. The number of likely N-dealkylation sites (N-methyl/N-ethyl adjacent to an activating group) is 1. The van der Waals surface area contributed by atoms with Gasteiger partial charge in [-0.25, -0.2) is 9.37 Å². The van der Waals surface area contributed by atoms with Crippen LogP contribution < -0.4 is 5.32 Å². The van der Waals surface area contributed by atoms with Crippen molar-refractivity contribution in [2.75, 3.05) is 7.05 Å². The van der Waals surface area contributed by atoms with Crippen molar-refractivity contribution in [3.8, 4) is 0 Å². The van der Waals surface area contributed by atoms with Crippen molar-refractivity contribution in [3.05, 3.63) is 50.7 Å². The van der Waals surface area contributed by atoms with Crippen molar-refractivity contribution in [1.29, 1.82) is 0 Å². The zero-order valence-corrected chi connectivity index (χ0v) is 11.8. The fourth-order valence-electron chi connectivity index (χ4n) is 1.80. The van der Waals surface area contributed by atoms with Gasteiger partial charge in [-0.3, -0.25) is 0 Å². The number of nitrogens with zero attached hydrogens (tertiary/aromatic N) is 1. The third-order valence-corrected chi connectivity index (χ3v) is 3.85. The molecule has 0 aliphatic rings. The van der Waals surface area contributed by atoms with Gasteiger partial charge in [-0.05, 0) is 38.1 Å². The molecule has 1 N–H and O–H groups in total. The molecule has 1 aromatic heterocycles. The van der Waals surface area contributed by atoms with Crippen LogP contribution in [0.5, 0.6) is 0 Å². The third kappa shape index (κ3) is 3.07. The molecule has 1 aromatic carbocycles. The second-order valence-corrected chi connectivity index (χ2v) is 5.55. The fraction of sp³-hybridized carbons (Fsp3) is 0.308. The molecule has 2 nitrogen and oxygen atoms in total. The molecule has 0 aliphatic heterocycles. The lowest BCUT2D eigenvalue weighted by molar-refractivity contribution is 0.576. The van der Waals surface area contributed by atoms with Gasteiger partial charge in [0.1, 0.15) is 5.82 Å². The maximum Gasteiger partial charge on any atom is 0.141 e. The molecular formula is C13H14ClFN2S. The van der Waals surface area contributed by atoms with Crippen LogP contribution in [-0.2, 0) is 6.42 Å². The van der Waals surface area contributed by atoms with Crippen LogP contribution in [0.15, 0.2) is 23.6 Å². The van der Waals surface area contributed by atoms with Gasteiger partial charge in [0.2, 0.25) is 0 Å². The maximum absolute atomic E-state index is 13.1. The van der Waals surface area contributed by atoms with E-state index in [1.165, 1.54) is 6.07 Å². The van der Waals surface area contributed by atoms with Crippen molar-refractivity contribution in [2.24, 2.45) is 0 Å². The highest BCUT2D eigenvalue weighted by Crippen LogP contribution is 2.23. The highest BCUT2D eigenvalue weighted by Gasteiger charge is 2.13. The second kappa shape index (κ2) is 5.78. The molecule has 0 amide bonds. The number of aromatic nitrogens is 1. The summed E-state index contributed by atoms with van der Waals surface area (Å²) in [5, 5.41) is 6.47. The minimum atomic E-state index is -0.383. The molecule has 0 radical (unpaired) electrons. The molecule has 1 unspecified atom stereocenters. The Morgan fingerprint density at radius 2 is 2.28 bits per heavy atom. The van der Waals surface area contributed by atoms with Crippen LogP contribution in [0, 0.1) is 12.7 Å². The lowest BCUT2D eigenvalue weighted by Crippen LogP contribution is -2.19. The van der Waals surface area contributed by atoms with Crippen molar-refractivity contribution in [1.82, 2.24) is 10.3 Å². The van der Waals surface area contributed by atoms with E-state index in [1.807, 2.05) is 19.4 Å². The number of rotatable bonds is 4. The van der Waals surface area contributed by atoms with E-state index in [0.717, 1.165) is 22.7 Å². The number of thiazole rings is 1. The molecular weight excluding hydrogens is 271 g/mol. The molecule has 0 aliphatic carbocycles. The number of aryl methyl sites for hydroxylation is 1. The van der Waals surface area contributed by atoms with Gasteiger partial charge in [-0.15, -0.1) is 11.3 Å². The van der Waals surface area contributed by atoms with Gasteiger partial charge in [0.15, 0.2) is 0 Å². The van der Waals surface area contributed by atoms with E-state index in [4.69, 9.17) is 11.6 Å². The zero-order chi connectivity index (χ0) is 13.1. The van der Waals surface area contributed by atoms with Crippen molar-refractivity contribution in [2.45, 2.75) is 19.4 Å². The molecule has 1 atom stereocenters. The van der Waals surface area contributed by atoms with Crippen molar-refractivity contribution < 1.29 is 4.39 Å². The van der Waals surface area contributed by atoms with E-state index in [1.54, 1.807) is 23.5 Å². The zero-order valence-electron chi connectivity index (χ0n) is 10.2. The summed E-state index contributed by atoms with van der Waals surface area (Å²) < 4.78 is 13.1. The summed E-state index contributed by atoms with van der Waals surface area (Å²) >= 11 is 7.41. The minimum Gasteiger partial charge on any atom is -0.311 e. The average molecular weight is 285 g/mol. The van der Waals surface area contributed by atoms with E-state index < -0.39 is 0 Å². The van der Waals surface area contributed by atoms with Crippen LogP contribution in [0.2, 0.25) is 5.02 Å². The SMILES string of the molecule is CNC(Cc1ccc(F)c(Cl)c1)c1csc(C)n1. The summed E-state index contributed by atoms with van der Waals surface area (Å²) in [4.78, 5) is 4.47. The molecule has 1 heterocycles. The smallest absolute Gasteiger partial charge is 0.141 e. The fourth-order valence-corrected chi connectivity index (χ4v) is 2.67. The van der Waals surface area contributed by atoms with Crippen LogP contribution in [0.3, 0.4) is 0 Å². The van der Waals surface area contributed by atoms with E-state index in [-0.39, 0.29) is 16.9 Å². The summed E-state index contributed by atoms with van der Waals surface area (Å²) in [5.41, 5.74) is 2.01. The summed E-state index contributed by atoms with van der Waals surface area (Å²) in [7, 11) is 1.89. The van der Waals surface area contributed by atoms with Crippen LogP contribution in [0.4, 0.5) is 4.39 Å². The van der Waals surface area contributed by atoms with Crippen molar-refractivity contribution >= 4 is 22.9 Å². The molecule has 0 saturated carbocycles. The van der Waals surface area contributed by atoms with Crippen LogP contribution >= 0.6 is 22.9 Å². The molecule has 2 rings (SSSR count). The molecule has 2 aromatic rings. The minimum absolute atomic E-state index is 0.122. The van der Waals surface area contributed by atoms with E-state index in [9.17, 15) is 4.39 Å². The van der Waals surface area contributed by atoms with Gasteiger partial charge in [0, 0.05) is 5.38 Å². The number of hydrogen-bond acceptors (Lipinski definition) is 3. The Bertz CT molecular complexity index is 542. The van der Waals surface area contributed by atoms with Gasteiger partial charge < -0.3 is 5.32 Å². The normalized spacial score (nSPS) is 12.7. The molecule has 18 heavy (non-hydrogen) atoms. The second-order valence-electron chi connectivity index (χ2n) is 4.09. The Kier molecular flexibility index (Phi) is 4.32. The molecule has 0 spiro atoms. The van der Waals surface area contributed by atoms with Crippen molar-refractivity contribution in [3.63, 3.8) is 0 Å². The molecule has 0 bridgehead atoms. The van der Waals surface area contributed by atoms with Gasteiger partial charge in [-0.2, -0.15) is 0 Å². The van der Waals surface area contributed by atoms with Gasteiger partial charge in [0.25, 0.3) is 0 Å². The van der Waals surface area contributed by atoms with E-state index in [0.29, 0.717) is 0 Å². The predicted molar refractivity (Wildman–Crippen MR) is 73.8 cm³/mol. The van der Waals surface area contributed by atoms with Gasteiger partial charge in [0.05, 0.1) is 21.8 Å². The Hall–Kier alpha value is -0.970. The van der Waals surface area contributed by atoms with Crippen LogP contribution in [0.1, 0.15) is 22.3 Å². The largest absolute Gasteiger partial charge is 0.311 e. The predicted octanol–water partition coefficient (Wildman–Crippen LogP) is 3.75. The summed E-state index contributed by atoms with van der Waals surface area (Å²) in [6.07, 6.45) is 0.736. The monoisotopic (exact) mass is 284 g/mol. The number of nitrogens with one attached hydrogen (secondary N) is 1. The third-order valence-electron chi connectivity index (χ3n) is 2.77. The van der Waals surface area contributed by atoms with E-state index in [2.05, 4.69) is 10.3 Å². The quantitative estimate of drug-likeness (QED) is 0.925. The summed E-state index contributed by atoms with van der Waals surface area (Å²) in [5.74, 6) is -0.383. The first-order valence-corrected chi connectivity index (χ1v) is 6.89. The lowest BCUT2D eigenvalue weighted by atomic mass is 10.0. The van der Waals surface area contributed by atoms with Crippen LogP contribution in [0.25, 0.3) is 0 Å². The number of halogens is 2. The lowest BCUT2D eigenvalue weighted by Gasteiger charge is -2.14. The molecule has 0 saturated heterocycles. The first-order chi connectivity index (χ1) is 8.60.